The normalized spacial score (nSPS) is 35.5. The molecule has 2 aliphatic rings. The third-order valence-corrected chi connectivity index (χ3v) is 9.76. The Balaban J connectivity index is 1.64. The van der Waals surface area contributed by atoms with Crippen LogP contribution in [0.5, 0.6) is 0 Å². The average molecular weight is 365 g/mol. The summed E-state index contributed by atoms with van der Waals surface area (Å²) >= 11 is 0.652. The van der Waals surface area contributed by atoms with Gasteiger partial charge in [0.15, 0.2) is 0 Å². The fourth-order valence-electron chi connectivity index (χ4n) is 4.61. The molecule has 2 saturated carbocycles. The summed E-state index contributed by atoms with van der Waals surface area (Å²) in [5.74, 6) is 2.91. The van der Waals surface area contributed by atoms with E-state index in [1.165, 1.54) is 18.4 Å². The second-order valence-electron chi connectivity index (χ2n) is 7.93. The number of methoxy groups -OCH3 is 1. The molecule has 2 heteroatoms. The number of ether oxygens (including phenoxy) is 1. The molecule has 0 heterocycles. The molecule has 6 atom stereocenters. The van der Waals surface area contributed by atoms with E-state index >= 15 is 0 Å². The summed E-state index contributed by atoms with van der Waals surface area (Å²) in [6.45, 7) is 9.86. The maximum atomic E-state index is 5.87. The van der Waals surface area contributed by atoms with Gasteiger partial charge in [-0.15, -0.1) is 0 Å². The molecule has 0 N–H and O–H groups in total. The first kappa shape index (κ1) is 16.6. The number of rotatable bonds is 5. The fourth-order valence-corrected chi connectivity index (χ4v) is 8.09. The molecule has 0 aromatic heterocycles. The molecule has 1 aromatic rings. The molecular weight excluding hydrogens is 335 g/mol. The van der Waals surface area contributed by atoms with Crippen LogP contribution < -0.4 is 0 Å². The van der Waals surface area contributed by atoms with Crippen LogP contribution in [0.4, 0.5) is 0 Å². The Morgan fingerprint density at radius 2 is 1.77 bits per heavy atom. The molecular formula is C20H30OSe. The Morgan fingerprint density at radius 3 is 2.41 bits per heavy atom. The zero-order chi connectivity index (χ0) is 15.9. The van der Waals surface area contributed by atoms with E-state index in [1.807, 2.05) is 7.11 Å². The summed E-state index contributed by atoms with van der Waals surface area (Å²) in [5.41, 5.74) is 1.97. The first-order chi connectivity index (χ1) is 10.4. The van der Waals surface area contributed by atoms with Gasteiger partial charge in [-0.25, -0.2) is 0 Å². The Kier molecular flexibility index (Phi) is 4.74. The van der Waals surface area contributed by atoms with Crippen molar-refractivity contribution in [2.45, 2.75) is 56.3 Å². The predicted octanol–water partition coefficient (Wildman–Crippen LogP) is 5.38. The number of hydrogen-bond acceptors (Lipinski definition) is 1. The van der Waals surface area contributed by atoms with Crippen LogP contribution in [0.1, 0.15) is 52.2 Å². The predicted molar refractivity (Wildman–Crippen MR) is 94.3 cm³/mol. The van der Waals surface area contributed by atoms with Crippen LogP contribution in [0.25, 0.3) is 0 Å². The van der Waals surface area contributed by atoms with Crippen LogP contribution in [0.15, 0.2) is 30.3 Å². The van der Waals surface area contributed by atoms with E-state index in [0.29, 0.717) is 25.2 Å². The van der Waals surface area contributed by atoms with Crippen molar-refractivity contribution in [3.8, 4) is 0 Å². The minimum atomic E-state index is 0.262. The molecule has 3 rings (SSSR count). The van der Waals surface area contributed by atoms with Gasteiger partial charge in [-0.05, 0) is 0 Å². The molecule has 22 heavy (non-hydrogen) atoms. The molecule has 0 radical (unpaired) electrons. The first-order valence-electron chi connectivity index (χ1n) is 8.68. The molecule has 0 aliphatic heterocycles. The van der Waals surface area contributed by atoms with Crippen LogP contribution >= 0.6 is 0 Å². The van der Waals surface area contributed by atoms with Crippen LogP contribution in [-0.2, 0) is 4.74 Å². The molecule has 0 spiro atoms. The summed E-state index contributed by atoms with van der Waals surface area (Å²) < 4.78 is 5.87. The van der Waals surface area contributed by atoms with Gasteiger partial charge in [-0.1, -0.05) is 0 Å². The van der Waals surface area contributed by atoms with Crippen LogP contribution in [0, 0.1) is 23.2 Å². The Labute approximate surface area is 142 Å². The molecule has 0 bridgehead atoms. The van der Waals surface area contributed by atoms with Crippen molar-refractivity contribution in [2.24, 2.45) is 23.2 Å². The maximum absolute atomic E-state index is 5.87. The van der Waals surface area contributed by atoms with Gasteiger partial charge in [0.1, 0.15) is 0 Å². The minimum absolute atomic E-state index is 0.262. The van der Waals surface area contributed by atoms with Gasteiger partial charge >= 0.3 is 142 Å². The molecule has 2 unspecified atom stereocenters. The molecule has 1 aromatic carbocycles. The van der Waals surface area contributed by atoms with E-state index in [9.17, 15) is 0 Å². The van der Waals surface area contributed by atoms with E-state index in [4.69, 9.17) is 4.74 Å². The van der Waals surface area contributed by atoms with E-state index in [1.54, 1.807) is 0 Å². The monoisotopic (exact) mass is 366 g/mol. The van der Waals surface area contributed by atoms with E-state index in [2.05, 4.69) is 58.0 Å². The van der Waals surface area contributed by atoms with Crippen LogP contribution in [0.3, 0.4) is 0 Å². The van der Waals surface area contributed by atoms with Crippen molar-refractivity contribution in [3.05, 3.63) is 35.9 Å². The Morgan fingerprint density at radius 1 is 1.14 bits per heavy atom. The Hall–Kier alpha value is -0.301. The zero-order valence-electron chi connectivity index (χ0n) is 14.6. The van der Waals surface area contributed by atoms with Crippen molar-refractivity contribution in [2.75, 3.05) is 7.11 Å². The molecule has 0 amide bonds. The van der Waals surface area contributed by atoms with E-state index < -0.39 is 0 Å². The van der Waals surface area contributed by atoms with Crippen molar-refractivity contribution < 1.29 is 4.74 Å². The Bertz CT molecular complexity index is 498. The van der Waals surface area contributed by atoms with Crippen molar-refractivity contribution in [1.29, 1.82) is 0 Å². The average Bonchev–Trinajstić information content (AvgIpc) is 3.01. The molecule has 2 aliphatic carbocycles. The summed E-state index contributed by atoms with van der Waals surface area (Å²) in [5, 5.41) is 0. The quantitative estimate of drug-likeness (QED) is 0.637. The third kappa shape index (κ3) is 3.03. The van der Waals surface area contributed by atoms with Gasteiger partial charge in [0.05, 0.1) is 0 Å². The van der Waals surface area contributed by atoms with Gasteiger partial charge in [0.25, 0.3) is 0 Å². The SMILES string of the molecule is COC(c1ccccc1)C(C)[Se][C@@H]1C[C@@H]2[C@H](C[C@H]1C)C2(C)C. The van der Waals surface area contributed by atoms with Gasteiger partial charge in [-0.2, -0.15) is 0 Å². The van der Waals surface area contributed by atoms with Gasteiger partial charge in [-0.3, -0.25) is 0 Å². The third-order valence-electron chi connectivity index (χ3n) is 6.23. The van der Waals surface area contributed by atoms with Gasteiger partial charge in [0.2, 0.25) is 0 Å². The van der Waals surface area contributed by atoms with E-state index in [0.717, 1.165) is 22.6 Å². The van der Waals surface area contributed by atoms with Crippen LogP contribution in [-0.4, -0.2) is 22.1 Å². The summed E-state index contributed by atoms with van der Waals surface area (Å²) in [6, 6.07) is 10.8. The topological polar surface area (TPSA) is 9.23 Å². The van der Waals surface area contributed by atoms with E-state index in [-0.39, 0.29) is 6.10 Å². The van der Waals surface area contributed by atoms with Crippen molar-refractivity contribution >= 4 is 15.0 Å². The van der Waals surface area contributed by atoms with Crippen LogP contribution in [0.2, 0.25) is 9.63 Å². The number of fused-ring (bicyclic) bond motifs is 1. The summed E-state index contributed by atoms with van der Waals surface area (Å²) in [6.07, 6.45) is 3.19. The van der Waals surface area contributed by atoms with Crippen molar-refractivity contribution in [3.63, 3.8) is 0 Å². The van der Waals surface area contributed by atoms with Gasteiger partial charge < -0.3 is 0 Å². The zero-order valence-corrected chi connectivity index (χ0v) is 16.3. The second kappa shape index (κ2) is 6.30. The molecule has 0 saturated heterocycles. The summed E-state index contributed by atoms with van der Waals surface area (Å²) in [7, 11) is 1.87. The van der Waals surface area contributed by atoms with Gasteiger partial charge in [0, 0.05) is 0 Å². The first-order valence-corrected chi connectivity index (χ1v) is 10.7. The molecule has 2 fully saturated rings. The molecule has 1 nitrogen and oxygen atoms in total. The second-order valence-corrected chi connectivity index (χ2v) is 11.3. The standard InChI is InChI=1S/C20H30OSe/c1-13-11-16-17(20(16,3)4)12-18(13)22-14(2)19(21-5)15-9-7-6-8-10-15/h6-10,13-14,16-19H,11-12H2,1-5H3/t13-,14?,16+,17-,18-,19?/m1/s1. The van der Waals surface area contributed by atoms with Crippen molar-refractivity contribution in [1.82, 2.24) is 0 Å². The summed E-state index contributed by atoms with van der Waals surface area (Å²) in [4.78, 5) is 1.58. The number of benzene rings is 1. The molecule has 122 valence electrons. The number of hydrogen-bond donors (Lipinski definition) is 0. The fraction of sp³-hybridized carbons (Fsp3) is 0.700.